The van der Waals surface area contributed by atoms with Crippen molar-refractivity contribution >= 4 is 0 Å². The zero-order valence-corrected chi connectivity index (χ0v) is 11.0. The summed E-state index contributed by atoms with van der Waals surface area (Å²) in [7, 11) is 4.20. The number of rotatable bonds is 5. The number of furan rings is 1. The predicted molar refractivity (Wildman–Crippen MR) is 69.8 cm³/mol. The zero-order chi connectivity index (χ0) is 12.1. The molecule has 0 aliphatic heterocycles. The average Bonchev–Trinajstić information content (AvgIpc) is 2.78. The molecular formula is C14H24N2O. The van der Waals surface area contributed by atoms with Crippen LogP contribution in [0.4, 0.5) is 0 Å². The van der Waals surface area contributed by atoms with Crippen molar-refractivity contribution in [3.05, 3.63) is 23.7 Å². The Kier molecular flexibility index (Phi) is 4.63. The summed E-state index contributed by atoms with van der Waals surface area (Å²) in [6.45, 7) is 1.83. The van der Waals surface area contributed by atoms with Crippen molar-refractivity contribution in [2.45, 2.75) is 51.2 Å². The molecule has 1 N–H and O–H groups in total. The Balaban J connectivity index is 1.92. The summed E-state index contributed by atoms with van der Waals surface area (Å²) in [6.07, 6.45) is 8.72. The van der Waals surface area contributed by atoms with E-state index in [9.17, 15) is 0 Å². The fraction of sp³-hybridized carbons (Fsp3) is 0.714. The molecule has 0 unspecified atom stereocenters. The van der Waals surface area contributed by atoms with Crippen LogP contribution in [0, 0.1) is 0 Å². The Labute approximate surface area is 104 Å². The van der Waals surface area contributed by atoms with E-state index in [2.05, 4.69) is 23.3 Å². The Bertz CT molecular complexity index is 329. The average molecular weight is 236 g/mol. The van der Waals surface area contributed by atoms with Crippen molar-refractivity contribution in [3.8, 4) is 0 Å². The molecule has 0 atom stereocenters. The summed E-state index contributed by atoms with van der Waals surface area (Å²) in [6, 6.07) is 2.87. The van der Waals surface area contributed by atoms with Crippen molar-refractivity contribution in [1.82, 2.24) is 10.2 Å². The van der Waals surface area contributed by atoms with Crippen molar-refractivity contribution in [3.63, 3.8) is 0 Å². The summed E-state index contributed by atoms with van der Waals surface area (Å²) in [5.74, 6) is 1.08. The van der Waals surface area contributed by atoms with Gasteiger partial charge in [-0.2, -0.15) is 0 Å². The van der Waals surface area contributed by atoms with E-state index in [-0.39, 0.29) is 0 Å². The van der Waals surface area contributed by atoms with Crippen LogP contribution >= 0.6 is 0 Å². The van der Waals surface area contributed by atoms with Crippen LogP contribution in [0.5, 0.6) is 0 Å². The van der Waals surface area contributed by atoms with E-state index in [1.54, 1.807) is 6.26 Å². The highest BCUT2D eigenvalue weighted by molar-refractivity contribution is 5.16. The molecule has 1 aromatic rings. The molecule has 1 saturated carbocycles. The van der Waals surface area contributed by atoms with Crippen LogP contribution in [0.25, 0.3) is 0 Å². The van der Waals surface area contributed by atoms with Crippen molar-refractivity contribution in [1.29, 1.82) is 0 Å². The Hall–Kier alpha value is -0.800. The molecular weight excluding hydrogens is 212 g/mol. The first-order valence-electron chi connectivity index (χ1n) is 6.71. The minimum absolute atomic E-state index is 0.765. The van der Waals surface area contributed by atoms with Gasteiger partial charge in [-0.25, -0.2) is 0 Å². The molecule has 3 nitrogen and oxygen atoms in total. The number of nitrogens with zero attached hydrogens (tertiary/aromatic N) is 1. The molecule has 0 amide bonds. The molecule has 1 aliphatic carbocycles. The van der Waals surface area contributed by atoms with E-state index in [0.29, 0.717) is 0 Å². The number of hydrogen-bond acceptors (Lipinski definition) is 3. The van der Waals surface area contributed by atoms with Gasteiger partial charge in [-0.15, -0.1) is 0 Å². The van der Waals surface area contributed by atoms with Crippen LogP contribution in [0.3, 0.4) is 0 Å². The van der Waals surface area contributed by atoms with Gasteiger partial charge in [0.05, 0.1) is 12.8 Å². The highest BCUT2D eigenvalue weighted by Gasteiger charge is 2.19. The second-order valence-corrected chi connectivity index (χ2v) is 5.11. The molecule has 17 heavy (non-hydrogen) atoms. The van der Waals surface area contributed by atoms with Gasteiger partial charge in [0.2, 0.25) is 0 Å². The van der Waals surface area contributed by atoms with Crippen molar-refractivity contribution in [2.24, 2.45) is 0 Å². The summed E-state index contributed by atoms with van der Waals surface area (Å²) in [4.78, 5) is 2.49. The lowest BCUT2D eigenvalue weighted by atomic mass is 9.94. The number of nitrogens with one attached hydrogen (secondary N) is 1. The van der Waals surface area contributed by atoms with E-state index in [1.165, 1.54) is 37.7 Å². The molecule has 1 aliphatic rings. The molecule has 0 bridgehead atoms. The van der Waals surface area contributed by atoms with Crippen LogP contribution < -0.4 is 5.32 Å². The van der Waals surface area contributed by atoms with Gasteiger partial charge in [0.15, 0.2) is 0 Å². The minimum Gasteiger partial charge on any atom is -0.468 e. The summed E-state index contributed by atoms with van der Waals surface area (Å²) >= 11 is 0. The summed E-state index contributed by atoms with van der Waals surface area (Å²) in [5.41, 5.74) is 1.33. The van der Waals surface area contributed by atoms with Crippen molar-refractivity contribution in [2.75, 3.05) is 14.1 Å². The number of hydrogen-bond donors (Lipinski definition) is 1. The standard InChI is InChI=1S/C14H24N2O/c1-15-10-14-12(8-9-17-14)11-16(2)13-6-4-3-5-7-13/h8-9,13,15H,3-7,10-11H2,1-2H3. The van der Waals surface area contributed by atoms with Gasteiger partial charge in [0, 0.05) is 18.2 Å². The smallest absolute Gasteiger partial charge is 0.122 e. The van der Waals surface area contributed by atoms with E-state index >= 15 is 0 Å². The molecule has 0 radical (unpaired) electrons. The lowest BCUT2D eigenvalue weighted by molar-refractivity contribution is 0.183. The lowest BCUT2D eigenvalue weighted by Gasteiger charge is -2.31. The molecule has 2 rings (SSSR count). The van der Waals surface area contributed by atoms with Gasteiger partial charge in [0.25, 0.3) is 0 Å². The maximum Gasteiger partial charge on any atom is 0.122 e. The van der Waals surface area contributed by atoms with Crippen LogP contribution in [0.1, 0.15) is 43.4 Å². The van der Waals surface area contributed by atoms with E-state index in [0.717, 1.165) is 24.9 Å². The minimum atomic E-state index is 0.765. The third-order valence-electron chi connectivity index (χ3n) is 3.79. The third-order valence-corrected chi connectivity index (χ3v) is 3.79. The molecule has 0 spiro atoms. The van der Waals surface area contributed by atoms with Crippen LogP contribution in [0.15, 0.2) is 16.7 Å². The first-order chi connectivity index (χ1) is 8.31. The SMILES string of the molecule is CNCc1occc1CN(C)C1CCCCC1. The highest BCUT2D eigenvalue weighted by Crippen LogP contribution is 2.23. The topological polar surface area (TPSA) is 28.4 Å². The van der Waals surface area contributed by atoms with Crippen molar-refractivity contribution < 1.29 is 4.42 Å². The quantitative estimate of drug-likeness (QED) is 0.852. The van der Waals surface area contributed by atoms with E-state index in [1.807, 2.05) is 7.05 Å². The van der Waals surface area contributed by atoms with Gasteiger partial charge in [-0.3, -0.25) is 4.90 Å². The maximum atomic E-state index is 5.50. The summed E-state index contributed by atoms with van der Waals surface area (Å²) in [5, 5.41) is 3.15. The van der Waals surface area contributed by atoms with E-state index < -0.39 is 0 Å². The van der Waals surface area contributed by atoms with Gasteiger partial charge in [-0.05, 0) is 33.0 Å². The summed E-state index contributed by atoms with van der Waals surface area (Å²) < 4.78 is 5.50. The zero-order valence-electron chi connectivity index (χ0n) is 11.0. The molecule has 1 fully saturated rings. The second kappa shape index (κ2) is 6.22. The first-order valence-corrected chi connectivity index (χ1v) is 6.71. The van der Waals surface area contributed by atoms with E-state index in [4.69, 9.17) is 4.42 Å². The van der Waals surface area contributed by atoms with Crippen LogP contribution in [-0.4, -0.2) is 25.0 Å². The maximum absolute atomic E-state index is 5.50. The molecule has 96 valence electrons. The molecule has 3 heteroatoms. The molecule has 0 aromatic carbocycles. The van der Waals surface area contributed by atoms with Gasteiger partial charge >= 0.3 is 0 Å². The molecule has 0 saturated heterocycles. The fourth-order valence-corrected chi connectivity index (χ4v) is 2.74. The highest BCUT2D eigenvalue weighted by atomic mass is 16.3. The molecule has 1 aromatic heterocycles. The van der Waals surface area contributed by atoms with Crippen LogP contribution in [0.2, 0.25) is 0 Å². The Morgan fingerprint density at radius 2 is 2.12 bits per heavy atom. The largest absolute Gasteiger partial charge is 0.468 e. The van der Waals surface area contributed by atoms with Gasteiger partial charge in [-0.1, -0.05) is 19.3 Å². The monoisotopic (exact) mass is 236 g/mol. The lowest BCUT2D eigenvalue weighted by Crippen LogP contribution is -2.33. The Morgan fingerprint density at radius 1 is 1.35 bits per heavy atom. The van der Waals surface area contributed by atoms with Crippen LogP contribution in [-0.2, 0) is 13.1 Å². The van der Waals surface area contributed by atoms with Gasteiger partial charge in [0.1, 0.15) is 5.76 Å². The first kappa shape index (κ1) is 12.7. The molecule has 1 heterocycles. The van der Waals surface area contributed by atoms with Gasteiger partial charge < -0.3 is 9.73 Å². The second-order valence-electron chi connectivity index (χ2n) is 5.11. The predicted octanol–water partition coefficient (Wildman–Crippen LogP) is 2.76. The fourth-order valence-electron chi connectivity index (χ4n) is 2.74. The normalized spacial score (nSPS) is 17.8. The third kappa shape index (κ3) is 3.33. The Morgan fingerprint density at radius 3 is 2.82 bits per heavy atom.